The smallest absolute Gasteiger partial charge is 0.308 e. The topological polar surface area (TPSA) is 26.3 Å². The number of carbonyl (C=O) groups is 1. The molecule has 0 aliphatic rings. The lowest BCUT2D eigenvalue weighted by Gasteiger charge is -2.15. The van der Waals surface area contributed by atoms with Crippen LogP contribution in [0.3, 0.4) is 0 Å². The maximum absolute atomic E-state index is 12.7. The second-order valence-electron chi connectivity index (χ2n) is 4.60. The van der Waals surface area contributed by atoms with Gasteiger partial charge in [-0.2, -0.15) is 0 Å². The third kappa shape index (κ3) is 4.55. The molecule has 0 bridgehead atoms. The Bertz CT molecular complexity index is 359. The molecule has 1 rings (SSSR count). The van der Waals surface area contributed by atoms with Gasteiger partial charge in [0.25, 0.3) is 0 Å². The van der Waals surface area contributed by atoms with E-state index in [1.165, 1.54) is 19.2 Å². The quantitative estimate of drug-likeness (QED) is 0.736. The van der Waals surface area contributed by atoms with Crippen LogP contribution in [0.5, 0.6) is 0 Å². The molecule has 0 aliphatic heterocycles. The van der Waals surface area contributed by atoms with Crippen molar-refractivity contribution in [3.05, 3.63) is 35.6 Å². The summed E-state index contributed by atoms with van der Waals surface area (Å²) in [4.78, 5) is 11.3. The summed E-state index contributed by atoms with van der Waals surface area (Å²) in [5.41, 5.74) is 1.09. The number of hydrogen-bond donors (Lipinski definition) is 0. The minimum Gasteiger partial charge on any atom is -0.469 e. The molecule has 0 spiro atoms. The molecular formula is C14H19FO2. The number of methoxy groups -OCH3 is 1. The standard InChI is InChI=1S/C14H19FO2/c1-10(8-11(2)14(16)17-3)9-12-4-6-13(15)7-5-12/h4-7,10-11H,8-9H2,1-3H3/t10-,11+/m1/s1. The minimum absolute atomic E-state index is 0.0875. The molecule has 0 unspecified atom stereocenters. The van der Waals surface area contributed by atoms with E-state index in [2.05, 4.69) is 6.92 Å². The number of carbonyl (C=O) groups excluding carboxylic acids is 1. The number of halogens is 1. The molecule has 0 amide bonds. The highest BCUT2D eigenvalue weighted by Gasteiger charge is 2.16. The Kier molecular flexibility index (Phi) is 5.13. The van der Waals surface area contributed by atoms with Crippen molar-refractivity contribution in [3.8, 4) is 0 Å². The first kappa shape index (κ1) is 13.7. The first-order valence-electron chi connectivity index (χ1n) is 5.85. The Labute approximate surface area is 102 Å². The molecule has 0 saturated carbocycles. The number of rotatable bonds is 5. The first-order chi connectivity index (χ1) is 8.02. The van der Waals surface area contributed by atoms with Gasteiger partial charge in [-0.05, 0) is 36.5 Å². The average Bonchev–Trinajstić information content (AvgIpc) is 2.30. The number of esters is 1. The fourth-order valence-electron chi connectivity index (χ4n) is 2.01. The van der Waals surface area contributed by atoms with Gasteiger partial charge in [0, 0.05) is 0 Å². The molecular weight excluding hydrogens is 219 g/mol. The fraction of sp³-hybridized carbons (Fsp3) is 0.500. The molecule has 0 heterocycles. The summed E-state index contributed by atoms with van der Waals surface area (Å²) >= 11 is 0. The molecule has 0 aliphatic carbocycles. The summed E-state index contributed by atoms with van der Waals surface area (Å²) in [6.07, 6.45) is 1.63. The third-order valence-corrected chi connectivity index (χ3v) is 2.86. The van der Waals surface area contributed by atoms with Crippen LogP contribution in [-0.4, -0.2) is 13.1 Å². The summed E-state index contributed by atoms with van der Waals surface area (Å²) in [6.45, 7) is 3.95. The lowest BCUT2D eigenvalue weighted by atomic mass is 9.92. The molecule has 0 aromatic heterocycles. The van der Waals surface area contributed by atoms with Gasteiger partial charge in [-0.25, -0.2) is 4.39 Å². The Morgan fingerprint density at radius 2 is 1.88 bits per heavy atom. The maximum atomic E-state index is 12.7. The third-order valence-electron chi connectivity index (χ3n) is 2.86. The lowest BCUT2D eigenvalue weighted by Crippen LogP contribution is -2.16. The largest absolute Gasteiger partial charge is 0.469 e. The summed E-state index contributed by atoms with van der Waals surface area (Å²) in [6, 6.07) is 6.50. The van der Waals surface area contributed by atoms with Crippen molar-refractivity contribution in [2.75, 3.05) is 7.11 Å². The normalized spacial score (nSPS) is 14.1. The van der Waals surface area contributed by atoms with Gasteiger partial charge in [-0.3, -0.25) is 4.79 Å². The van der Waals surface area contributed by atoms with Crippen molar-refractivity contribution < 1.29 is 13.9 Å². The van der Waals surface area contributed by atoms with E-state index >= 15 is 0 Å². The average molecular weight is 238 g/mol. The van der Waals surface area contributed by atoms with Gasteiger partial charge >= 0.3 is 5.97 Å². The Balaban J connectivity index is 2.46. The van der Waals surface area contributed by atoms with Crippen molar-refractivity contribution >= 4 is 5.97 Å². The number of hydrogen-bond acceptors (Lipinski definition) is 2. The molecule has 17 heavy (non-hydrogen) atoms. The van der Waals surface area contributed by atoms with Crippen molar-refractivity contribution in [1.82, 2.24) is 0 Å². The van der Waals surface area contributed by atoms with Gasteiger partial charge in [-0.1, -0.05) is 26.0 Å². The zero-order valence-corrected chi connectivity index (χ0v) is 10.6. The van der Waals surface area contributed by atoms with Gasteiger partial charge in [0.1, 0.15) is 5.82 Å². The molecule has 2 atom stereocenters. The first-order valence-corrected chi connectivity index (χ1v) is 5.85. The van der Waals surface area contributed by atoms with Crippen LogP contribution in [0.2, 0.25) is 0 Å². The van der Waals surface area contributed by atoms with E-state index in [-0.39, 0.29) is 17.7 Å². The Morgan fingerprint density at radius 3 is 2.41 bits per heavy atom. The van der Waals surface area contributed by atoms with E-state index in [1.54, 1.807) is 12.1 Å². The van der Waals surface area contributed by atoms with Gasteiger partial charge in [0.05, 0.1) is 13.0 Å². The summed E-state index contributed by atoms with van der Waals surface area (Å²) in [5, 5.41) is 0. The van der Waals surface area contributed by atoms with E-state index in [0.717, 1.165) is 18.4 Å². The van der Waals surface area contributed by atoms with Crippen molar-refractivity contribution in [3.63, 3.8) is 0 Å². The van der Waals surface area contributed by atoms with E-state index < -0.39 is 0 Å². The van der Waals surface area contributed by atoms with Crippen molar-refractivity contribution in [2.24, 2.45) is 11.8 Å². The van der Waals surface area contributed by atoms with Crippen LogP contribution in [0, 0.1) is 17.7 Å². The molecule has 0 fully saturated rings. The molecule has 1 aromatic carbocycles. The highest BCUT2D eigenvalue weighted by atomic mass is 19.1. The summed E-state index contributed by atoms with van der Waals surface area (Å²) < 4.78 is 17.4. The Hall–Kier alpha value is -1.38. The van der Waals surface area contributed by atoms with Crippen LogP contribution in [-0.2, 0) is 16.0 Å². The summed E-state index contributed by atoms with van der Waals surface area (Å²) in [7, 11) is 1.41. The predicted octanol–water partition coefficient (Wildman–Crippen LogP) is 3.20. The molecule has 1 aromatic rings. The molecule has 0 N–H and O–H groups in total. The van der Waals surface area contributed by atoms with E-state index in [0.29, 0.717) is 5.92 Å². The fourth-order valence-corrected chi connectivity index (χ4v) is 2.01. The second-order valence-corrected chi connectivity index (χ2v) is 4.60. The second kappa shape index (κ2) is 6.38. The van der Waals surface area contributed by atoms with Gasteiger partial charge in [-0.15, -0.1) is 0 Å². The van der Waals surface area contributed by atoms with Crippen LogP contribution >= 0.6 is 0 Å². The van der Waals surface area contributed by atoms with Gasteiger partial charge < -0.3 is 4.74 Å². The molecule has 0 saturated heterocycles. The lowest BCUT2D eigenvalue weighted by molar-refractivity contribution is -0.145. The van der Waals surface area contributed by atoms with Crippen LogP contribution < -0.4 is 0 Å². The van der Waals surface area contributed by atoms with Crippen molar-refractivity contribution in [2.45, 2.75) is 26.7 Å². The number of ether oxygens (including phenoxy) is 1. The number of benzene rings is 1. The predicted molar refractivity (Wildman–Crippen MR) is 65.1 cm³/mol. The Morgan fingerprint density at radius 1 is 1.29 bits per heavy atom. The molecule has 3 heteroatoms. The van der Waals surface area contributed by atoms with Gasteiger partial charge in [0.2, 0.25) is 0 Å². The monoisotopic (exact) mass is 238 g/mol. The maximum Gasteiger partial charge on any atom is 0.308 e. The van der Waals surface area contributed by atoms with E-state index in [9.17, 15) is 9.18 Å². The van der Waals surface area contributed by atoms with Crippen LogP contribution in [0.25, 0.3) is 0 Å². The minimum atomic E-state index is -0.218. The van der Waals surface area contributed by atoms with Gasteiger partial charge in [0.15, 0.2) is 0 Å². The summed E-state index contributed by atoms with van der Waals surface area (Å²) in [5.74, 6) is -0.106. The van der Waals surface area contributed by atoms with Crippen LogP contribution in [0.1, 0.15) is 25.8 Å². The molecule has 0 radical (unpaired) electrons. The van der Waals surface area contributed by atoms with E-state index in [4.69, 9.17) is 4.74 Å². The van der Waals surface area contributed by atoms with E-state index in [1.807, 2.05) is 6.92 Å². The zero-order valence-electron chi connectivity index (χ0n) is 10.6. The van der Waals surface area contributed by atoms with Crippen LogP contribution in [0.15, 0.2) is 24.3 Å². The molecule has 94 valence electrons. The zero-order chi connectivity index (χ0) is 12.8. The highest BCUT2D eigenvalue weighted by Crippen LogP contribution is 2.18. The van der Waals surface area contributed by atoms with Crippen LogP contribution in [0.4, 0.5) is 4.39 Å². The molecule has 2 nitrogen and oxygen atoms in total. The van der Waals surface area contributed by atoms with Crippen molar-refractivity contribution in [1.29, 1.82) is 0 Å². The SMILES string of the molecule is COC(=O)[C@@H](C)C[C@@H](C)Cc1ccc(F)cc1. The highest BCUT2D eigenvalue weighted by molar-refractivity contribution is 5.71.